The number of carbonyl (C=O) groups excluding carboxylic acids is 1. The lowest BCUT2D eigenvalue weighted by Gasteiger charge is -2.34. The highest BCUT2D eigenvalue weighted by molar-refractivity contribution is 5.93. The Morgan fingerprint density at radius 1 is 1.00 bits per heavy atom. The number of fused-ring (bicyclic) bond motifs is 5. The van der Waals surface area contributed by atoms with Gasteiger partial charge in [-0.05, 0) is 66.7 Å². The van der Waals surface area contributed by atoms with Crippen LogP contribution in [0.15, 0.2) is 48.5 Å². The van der Waals surface area contributed by atoms with Crippen molar-refractivity contribution in [2.24, 2.45) is 11.8 Å². The summed E-state index contributed by atoms with van der Waals surface area (Å²) in [6.45, 7) is 2.15. The molecule has 3 aliphatic rings. The summed E-state index contributed by atoms with van der Waals surface area (Å²) >= 11 is 0. The van der Waals surface area contributed by atoms with Crippen molar-refractivity contribution < 1.29 is 9.53 Å². The first-order valence-corrected chi connectivity index (χ1v) is 9.07. The van der Waals surface area contributed by atoms with Crippen LogP contribution in [0.5, 0.6) is 0 Å². The third kappa shape index (κ3) is 1.92. The minimum Gasteiger partial charge on any atom is -0.458 e. The Kier molecular flexibility index (Phi) is 2.94. The van der Waals surface area contributed by atoms with E-state index in [1.807, 2.05) is 24.3 Å². The van der Waals surface area contributed by atoms with Crippen molar-refractivity contribution in [3.8, 4) is 11.1 Å². The molecule has 2 fully saturated rings. The third-order valence-corrected chi connectivity index (χ3v) is 6.50. The van der Waals surface area contributed by atoms with Crippen molar-refractivity contribution in [3.05, 3.63) is 59.7 Å². The molecule has 0 spiro atoms. The van der Waals surface area contributed by atoms with Crippen LogP contribution in [0.4, 0.5) is 0 Å². The largest absolute Gasteiger partial charge is 0.458 e. The van der Waals surface area contributed by atoms with E-state index >= 15 is 0 Å². The molecule has 2 heteroatoms. The lowest BCUT2D eigenvalue weighted by Crippen LogP contribution is -2.38. The Hall–Kier alpha value is -2.09. The summed E-state index contributed by atoms with van der Waals surface area (Å²) in [5.74, 6) is 0.977. The summed E-state index contributed by atoms with van der Waals surface area (Å²) in [5.41, 5.74) is 4.28. The highest BCUT2D eigenvalue weighted by Crippen LogP contribution is 2.53. The quantitative estimate of drug-likeness (QED) is 0.735. The van der Waals surface area contributed by atoms with Crippen LogP contribution >= 0.6 is 0 Å². The van der Waals surface area contributed by atoms with Crippen LogP contribution in [-0.4, -0.2) is 11.6 Å². The number of ether oxygens (including phenoxy) is 1. The fraction of sp³-hybridized carbons (Fsp3) is 0.409. The molecule has 122 valence electrons. The van der Waals surface area contributed by atoms with Crippen LogP contribution in [0.1, 0.15) is 49.7 Å². The average Bonchev–Trinajstić information content (AvgIpc) is 3.25. The van der Waals surface area contributed by atoms with Gasteiger partial charge in [0.05, 0.1) is 0 Å². The van der Waals surface area contributed by atoms with E-state index in [2.05, 4.69) is 31.2 Å². The van der Waals surface area contributed by atoms with E-state index in [1.165, 1.54) is 30.4 Å². The summed E-state index contributed by atoms with van der Waals surface area (Å²) in [6.07, 6.45) is 4.81. The summed E-state index contributed by atoms with van der Waals surface area (Å²) in [6, 6.07) is 16.5. The van der Waals surface area contributed by atoms with Crippen molar-refractivity contribution in [1.29, 1.82) is 0 Å². The molecule has 0 aliphatic heterocycles. The molecule has 0 aromatic heterocycles. The van der Waals surface area contributed by atoms with Gasteiger partial charge in [-0.2, -0.15) is 0 Å². The maximum atomic E-state index is 13.2. The fourth-order valence-corrected chi connectivity index (χ4v) is 5.38. The Bertz CT molecular complexity index is 779. The topological polar surface area (TPSA) is 26.3 Å². The molecule has 2 aromatic rings. The second kappa shape index (κ2) is 4.95. The van der Waals surface area contributed by atoms with E-state index in [4.69, 9.17) is 4.74 Å². The first-order chi connectivity index (χ1) is 11.7. The third-order valence-electron chi connectivity index (χ3n) is 6.50. The van der Waals surface area contributed by atoms with E-state index in [9.17, 15) is 4.79 Å². The van der Waals surface area contributed by atoms with Gasteiger partial charge in [-0.1, -0.05) is 48.5 Å². The number of esters is 1. The molecule has 3 atom stereocenters. The zero-order valence-corrected chi connectivity index (χ0v) is 14.0. The number of hydrogen-bond donors (Lipinski definition) is 0. The summed E-state index contributed by atoms with van der Waals surface area (Å²) in [5, 5.41) is 0. The minimum absolute atomic E-state index is 0.0672. The van der Waals surface area contributed by atoms with Gasteiger partial charge in [-0.25, -0.2) is 0 Å². The van der Waals surface area contributed by atoms with Gasteiger partial charge in [-0.3, -0.25) is 4.79 Å². The molecule has 2 aromatic carbocycles. The van der Waals surface area contributed by atoms with Crippen molar-refractivity contribution >= 4 is 5.97 Å². The highest BCUT2D eigenvalue weighted by atomic mass is 16.6. The lowest BCUT2D eigenvalue weighted by atomic mass is 9.85. The smallest absolute Gasteiger partial charge is 0.318 e. The van der Waals surface area contributed by atoms with Gasteiger partial charge < -0.3 is 4.74 Å². The second-order valence-electron chi connectivity index (χ2n) is 7.92. The summed E-state index contributed by atoms with van der Waals surface area (Å²) in [7, 11) is 0. The Morgan fingerprint density at radius 2 is 1.62 bits per heavy atom. The van der Waals surface area contributed by atoms with Gasteiger partial charge in [0.2, 0.25) is 0 Å². The molecule has 0 amide bonds. The Morgan fingerprint density at radius 3 is 2.17 bits per heavy atom. The van der Waals surface area contributed by atoms with Crippen LogP contribution in [0.25, 0.3) is 11.1 Å². The molecule has 3 aliphatic carbocycles. The van der Waals surface area contributed by atoms with Crippen LogP contribution in [0, 0.1) is 11.8 Å². The molecular formula is C22H22O2. The predicted molar refractivity (Wildman–Crippen MR) is 93.7 cm³/mol. The van der Waals surface area contributed by atoms with Gasteiger partial charge in [0.25, 0.3) is 0 Å². The number of rotatable bonds is 2. The van der Waals surface area contributed by atoms with Crippen LogP contribution < -0.4 is 0 Å². The first kappa shape index (κ1) is 14.3. The van der Waals surface area contributed by atoms with Crippen LogP contribution in [0.2, 0.25) is 0 Å². The standard InChI is InChI=1S/C22H22O2/c1-22(13-14-10-11-15(22)12-14)24-21(23)20-18-8-4-2-6-16(18)17-7-3-5-9-19(17)20/h2-9,14-15,20H,10-13H2,1H3. The molecule has 0 N–H and O–H groups in total. The number of carbonyl (C=O) groups is 1. The second-order valence-corrected chi connectivity index (χ2v) is 7.92. The maximum Gasteiger partial charge on any atom is 0.318 e. The van der Waals surface area contributed by atoms with Crippen molar-refractivity contribution in [2.75, 3.05) is 0 Å². The zero-order chi connectivity index (χ0) is 16.3. The molecule has 2 saturated carbocycles. The van der Waals surface area contributed by atoms with E-state index in [-0.39, 0.29) is 17.5 Å². The predicted octanol–water partition coefficient (Wildman–Crippen LogP) is 4.92. The van der Waals surface area contributed by atoms with E-state index in [1.54, 1.807) is 0 Å². The molecule has 2 bridgehead atoms. The van der Waals surface area contributed by atoms with Crippen molar-refractivity contribution in [2.45, 2.75) is 44.1 Å². The van der Waals surface area contributed by atoms with Gasteiger partial charge in [0, 0.05) is 0 Å². The van der Waals surface area contributed by atoms with Crippen molar-refractivity contribution in [1.82, 2.24) is 0 Å². The zero-order valence-electron chi connectivity index (χ0n) is 14.0. The maximum absolute atomic E-state index is 13.2. The number of benzene rings is 2. The SMILES string of the molecule is CC1(OC(=O)C2c3ccccc3-c3ccccc32)CC2CCC1C2. The minimum atomic E-state index is -0.270. The van der Waals surface area contributed by atoms with Crippen molar-refractivity contribution in [3.63, 3.8) is 0 Å². The average molecular weight is 318 g/mol. The summed E-state index contributed by atoms with van der Waals surface area (Å²) in [4.78, 5) is 13.2. The van der Waals surface area contributed by atoms with Crippen LogP contribution in [0.3, 0.4) is 0 Å². The summed E-state index contributed by atoms with van der Waals surface area (Å²) < 4.78 is 6.19. The fourth-order valence-electron chi connectivity index (χ4n) is 5.38. The van der Waals surface area contributed by atoms with Gasteiger partial charge in [0.15, 0.2) is 0 Å². The monoisotopic (exact) mass is 318 g/mol. The lowest BCUT2D eigenvalue weighted by molar-refractivity contribution is -0.164. The molecule has 24 heavy (non-hydrogen) atoms. The Balaban J connectivity index is 1.51. The molecule has 3 unspecified atom stereocenters. The molecule has 0 radical (unpaired) electrons. The Labute approximate surface area is 142 Å². The molecular weight excluding hydrogens is 296 g/mol. The molecule has 0 heterocycles. The number of hydrogen-bond acceptors (Lipinski definition) is 2. The van der Waals surface area contributed by atoms with Crippen LogP contribution in [-0.2, 0) is 9.53 Å². The van der Waals surface area contributed by atoms with Gasteiger partial charge >= 0.3 is 5.97 Å². The van der Waals surface area contributed by atoms with E-state index < -0.39 is 0 Å². The highest BCUT2D eigenvalue weighted by Gasteiger charge is 2.51. The molecule has 2 nitrogen and oxygen atoms in total. The first-order valence-electron chi connectivity index (χ1n) is 9.07. The van der Waals surface area contributed by atoms with E-state index in [0.29, 0.717) is 5.92 Å². The molecule has 0 saturated heterocycles. The normalized spacial score (nSPS) is 30.2. The van der Waals surface area contributed by atoms with E-state index in [0.717, 1.165) is 23.5 Å². The van der Waals surface area contributed by atoms with Gasteiger partial charge in [0.1, 0.15) is 11.5 Å². The molecule has 5 rings (SSSR count). The van der Waals surface area contributed by atoms with Gasteiger partial charge in [-0.15, -0.1) is 0 Å².